The van der Waals surface area contributed by atoms with Crippen molar-refractivity contribution >= 4 is 27.4 Å². The lowest BCUT2D eigenvalue weighted by Crippen LogP contribution is -2.39. The van der Waals surface area contributed by atoms with Gasteiger partial charge in [-0.1, -0.05) is 0 Å². The molecule has 1 unspecified atom stereocenters. The fourth-order valence-electron chi connectivity index (χ4n) is 1.61. The van der Waals surface area contributed by atoms with E-state index < -0.39 is 27.8 Å². The lowest BCUT2D eigenvalue weighted by Gasteiger charge is -2.13. The standard InChI is InChI=1S/C13H18N2O6S/c1-20-7-11(14)12(16)15-9-4-8(13(17)21-2)5-10(6-9)22(3,18)19/h4-6,11H,7,14H2,1-3H3,(H,15,16). The maximum atomic E-state index is 11.8. The van der Waals surface area contributed by atoms with Crippen molar-refractivity contribution in [3.05, 3.63) is 23.8 Å². The smallest absolute Gasteiger partial charge is 0.337 e. The van der Waals surface area contributed by atoms with Crippen LogP contribution in [-0.2, 0) is 24.1 Å². The third-order valence-electron chi connectivity index (χ3n) is 2.71. The summed E-state index contributed by atoms with van der Waals surface area (Å²) in [6.45, 7) is 0.00145. The highest BCUT2D eigenvalue weighted by Gasteiger charge is 2.18. The first-order valence-electron chi connectivity index (χ1n) is 6.18. The second kappa shape index (κ2) is 7.34. The predicted molar refractivity (Wildman–Crippen MR) is 79.4 cm³/mol. The van der Waals surface area contributed by atoms with E-state index in [-0.39, 0.29) is 22.8 Å². The molecule has 1 amide bonds. The van der Waals surface area contributed by atoms with Gasteiger partial charge < -0.3 is 20.5 Å². The van der Waals surface area contributed by atoms with Crippen LogP contribution < -0.4 is 11.1 Å². The summed E-state index contributed by atoms with van der Waals surface area (Å²) in [7, 11) is -1.01. The minimum absolute atomic E-state index is 0.000961. The van der Waals surface area contributed by atoms with Crippen LogP contribution in [0.15, 0.2) is 23.1 Å². The number of sulfone groups is 1. The quantitative estimate of drug-likeness (QED) is 0.691. The fraction of sp³-hybridized carbons (Fsp3) is 0.385. The number of carbonyl (C=O) groups excluding carboxylic acids is 2. The summed E-state index contributed by atoms with van der Waals surface area (Å²) in [4.78, 5) is 23.3. The van der Waals surface area contributed by atoms with E-state index in [1.807, 2.05) is 0 Å². The lowest BCUT2D eigenvalue weighted by atomic mass is 10.2. The summed E-state index contributed by atoms with van der Waals surface area (Å²) in [5.74, 6) is -1.29. The Morgan fingerprint density at radius 3 is 2.41 bits per heavy atom. The van der Waals surface area contributed by atoms with E-state index in [1.165, 1.54) is 32.4 Å². The van der Waals surface area contributed by atoms with Crippen molar-refractivity contribution in [2.45, 2.75) is 10.9 Å². The molecule has 0 fully saturated rings. The first-order valence-corrected chi connectivity index (χ1v) is 8.07. The Kier molecular flexibility index (Phi) is 6.03. The number of hydrogen-bond donors (Lipinski definition) is 2. The van der Waals surface area contributed by atoms with Crippen molar-refractivity contribution < 1.29 is 27.5 Å². The number of benzene rings is 1. The zero-order chi connectivity index (χ0) is 16.9. The van der Waals surface area contributed by atoms with Gasteiger partial charge in [-0.05, 0) is 18.2 Å². The molecule has 0 spiro atoms. The topological polar surface area (TPSA) is 125 Å². The number of esters is 1. The van der Waals surface area contributed by atoms with Gasteiger partial charge in [-0.15, -0.1) is 0 Å². The van der Waals surface area contributed by atoms with Crippen LogP contribution in [0.5, 0.6) is 0 Å². The van der Waals surface area contributed by atoms with Crippen molar-refractivity contribution in [3.63, 3.8) is 0 Å². The van der Waals surface area contributed by atoms with Crippen molar-refractivity contribution in [2.75, 3.05) is 32.4 Å². The van der Waals surface area contributed by atoms with E-state index in [0.717, 1.165) is 6.26 Å². The van der Waals surface area contributed by atoms with E-state index in [1.54, 1.807) is 0 Å². The third-order valence-corrected chi connectivity index (χ3v) is 3.80. The summed E-state index contributed by atoms with van der Waals surface area (Å²) in [5.41, 5.74) is 5.70. The average molecular weight is 330 g/mol. The van der Waals surface area contributed by atoms with Crippen LogP contribution in [-0.4, -0.2) is 53.4 Å². The van der Waals surface area contributed by atoms with Gasteiger partial charge in [0.25, 0.3) is 0 Å². The molecular formula is C13H18N2O6S. The largest absolute Gasteiger partial charge is 0.465 e. The molecule has 1 aromatic carbocycles. The summed E-state index contributed by atoms with van der Waals surface area (Å²) in [6.07, 6.45) is 0.992. The van der Waals surface area contributed by atoms with E-state index in [4.69, 9.17) is 10.5 Å². The number of rotatable bonds is 6. The van der Waals surface area contributed by atoms with Gasteiger partial charge in [-0.25, -0.2) is 13.2 Å². The number of ether oxygens (including phenoxy) is 2. The monoisotopic (exact) mass is 330 g/mol. The molecule has 1 atom stereocenters. The molecule has 0 aliphatic rings. The maximum absolute atomic E-state index is 11.8. The molecule has 0 saturated heterocycles. The van der Waals surface area contributed by atoms with Crippen LogP contribution in [0.3, 0.4) is 0 Å². The predicted octanol–water partition coefficient (Wildman–Crippen LogP) is -0.211. The highest BCUT2D eigenvalue weighted by atomic mass is 32.2. The summed E-state index contributed by atoms with van der Waals surface area (Å²) >= 11 is 0. The fourth-order valence-corrected chi connectivity index (χ4v) is 2.29. The second-order valence-electron chi connectivity index (χ2n) is 4.56. The van der Waals surface area contributed by atoms with Crippen LogP contribution in [0.25, 0.3) is 0 Å². The summed E-state index contributed by atoms with van der Waals surface area (Å²) in [6, 6.07) is 2.79. The Morgan fingerprint density at radius 2 is 1.91 bits per heavy atom. The second-order valence-corrected chi connectivity index (χ2v) is 6.58. The molecule has 0 aliphatic heterocycles. The minimum atomic E-state index is -3.57. The van der Waals surface area contributed by atoms with Crippen LogP contribution >= 0.6 is 0 Å². The van der Waals surface area contributed by atoms with Crippen LogP contribution in [0.2, 0.25) is 0 Å². The molecule has 22 heavy (non-hydrogen) atoms. The number of anilines is 1. The SMILES string of the molecule is COCC(N)C(=O)Nc1cc(C(=O)OC)cc(S(C)(=O)=O)c1. The average Bonchev–Trinajstić information content (AvgIpc) is 2.45. The van der Waals surface area contributed by atoms with Gasteiger partial charge in [-0.3, -0.25) is 4.79 Å². The highest BCUT2D eigenvalue weighted by Crippen LogP contribution is 2.20. The number of amides is 1. The Hall–Kier alpha value is -1.97. The molecule has 0 aliphatic carbocycles. The molecule has 8 nitrogen and oxygen atoms in total. The van der Waals surface area contributed by atoms with Crippen LogP contribution in [0.1, 0.15) is 10.4 Å². The lowest BCUT2D eigenvalue weighted by molar-refractivity contribution is -0.118. The van der Waals surface area contributed by atoms with Crippen LogP contribution in [0, 0.1) is 0 Å². The van der Waals surface area contributed by atoms with Gasteiger partial charge in [0.2, 0.25) is 5.91 Å². The van der Waals surface area contributed by atoms with Crippen molar-refractivity contribution in [1.29, 1.82) is 0 Å². The Labute approximate surface area is 128 Å². The maximum Gasteiger partial charge on any atom is 0.337 e. The number of hydrogen-bond acceptors (Lipinski definition) is 7. The first kappa shape index (κ1) is 18.1. The molecule has 0 bridgehead atoms. The normalized spacial score (nSPS) is 12.5. The molecule has 0 aromatic heterocycles. The van der Waals surface area contributed by atoms with Gasteiger partial charge >= 0.3 is 5.97 Å². The number of nitrogens with two attached hydrogens (primary N) is 1. The number of carbonyl (C=O) groups is 2. The third kappa shape index (κ3) is 4.79. The van der Waals surface area contributed by atoms with Gasteiger partial charge in [0.05, 0.1) is 24.2 Å². The van der Waals surface area contributed by atoms with Crippen molar-refractivity contribution in [1.82, 2.24) is 0 Å². The van der Waals surface area contributed by atoms with E-state index in [2.05, 4.69) is 10.1 Å². The van der Waals surface area contributed by atoms with E-state index in [0.29, 0.717) is 0 Å². The van der Waals surface area contributed by atoms with Gasteiger partial charge in [-0.2, -0.15) is 0 Å². The van der Waals surface area contributed by atoms with Crippen molar-refractivity contribution in [3.8, 4) is 0 Å². The Bertz CT molecular complexity index is 671. The zero-order valence-corrected chi connectivity index (χ0v) is 13.3. The van der Waals surface area contributed by atoms with E-state index >= 15 is 0 Å². The molecule has 0 radical (unpaired) electrons. The molecule has 9 heteroatoms. The van der Waals surface area contributed by atoms with Crippen molar-refractivity contribution in [2.24, 2.45) is 5.73 Å². The molecule has 3 N–H and O–H groups in total. The zero-order valence-electron chi connectivity index (χ0n) is 12.5. The summed E-state index contributed by atoms with van der Waals surface area (Å²) in [5, 5.41) is 2.44. The van der Waals surface area contributed by atoms with Crippen LogP contribution in [0.4, 0.5) is 5.69 Å². The van der Waals surface area contributed by atoms with Gasteiger partial charge in [0.1, 0.15) is 6.04 Å². The molecule has 1 aromatic rings. The highest BCUT2D eigenvalue weighted by molar-refractivity contribution is 7.90. The summed E-state index contributed by atoms with van der Waals surface area (Å²) < 4.78 is 32.6. The van der Waals surface area contributed by atoms with Gasteiger partial charge in [0, 0.05) is 19.1 Å². The Morgan fingerprint density at radius 1 is 1.27 bits per heavy atom. The van der Waals surface area contributed by atoms with E-state index in [9.17, 15) is 18.0 Å². The van der Waals surface area contributed by atoms with Gasteiger partial charge in [0.15, 0.2) is 9.84 Å². The molecule has 1 rings (SSSR count). The molecular weight excluding hydrogens is 312 g/mol. The molecule has 122 valence electrons. The minimum Gasteiger partial charge on any atom is -0.465 e. The molecule has 0 saturated carbocycles. The number of nitrogens with one attached hydrogen (secondary N) is 1. The molecule has 0 heterocycles. The number of methoxy groups -OCH3 is 2. The first-order chi connectivity index (χ1) is 10.2. The Balaban J connectivity index is 3.19.